The van der Waals surface area contributed by atoms with Gasteiger partial charge >= 0.3 is 11.7 Å². The van der Waals surface area contributed by atoms with E-state index >= 15 is 0 Å². The highest BCUT2D eigenvalue weighted by Gasteiger charge is 2.39. The molecule has 1 fully saturated rings. The van der Waals surface area contributed by atoms with Crippen LogP contribution in [0.2, 0.25) is 0 Å². The van der Waals surface area contributed by atoms with E-state index in [-0.39, 0.29) is 6.42 Å². The van der Waals surface area contributed by atoms with Crippen LogP contribution in [0.3, 0.4) is 0 Å². The molecule has 1 aromatic carbocycles. The summed E-state index contributed by atoms with van der Waals surface area (Å²) in [6.07, 6.45) is 2.29. The van der Waals surface area contributed by atoms with Gasteiger partial charge in [0.2, 0.25) is 9.84 Å². The second kappa shape index (κ2) is 5.59. The predicted molar refractivity (Wildman–Crippen MR) is 72.1 cm³/mol. The van der Waals surface area contributed by atoms with E-state index in [9.17, 15) is 22.0 Å². The van der Waals surface area contributed by atoms with Gasteiger partial charge in [-0.25, -0.2) is 8.42 Å². The molecule has 1 saturated carbocycles. The predicted octanol–water partition coefficient (Wildman–Crippen LogP) is 2.49. The lowest BCUT2D eigenvalue weighted by Crippen LogP contribution is -2.46. The molecule has 0 heterocycles. The monoisotopic (exact) mass is 319 g/mol. The summed E-state index contributed by atoms with van der Waals surface area (Å²) in [7, 11) is -4.60. The van der Waals surface area contributed by atoms with Gasteiger partial charge in [-0.2, -0.15) is 8.78 Å². The highest BCUT2D eigenvalue weighted by atomic mass is 32.2. The minimum absolute atomic E-state index is 0.0376. The van der Waals surface area contributed by atoms with Gasteiger partial charge in [-0.3, -0.25) is 4.79 Å². The molecule has 2 N–H and O–H groups in total. The van der Waals surface area contributed by atoms with Crippen molar-refractivity contribution in [2.24, 2.45) is 0 Å². The molecule has 0 radical (unpaired) electrons. The van der Waals surface area contributed by atoms with E-state index in [4.69, 9.17) is 5.11 Å². The smallest absolute Gasteiger partial charge is 0.341 e. The van der Waals surface area contributed by atoms with Crippen LogP contribution in [0.1, 0.15) is 25.7 Å². The van der Waals surface area contributed by atoms with E-state index in [1.54, 1.807) is 0 Å². The van der Waals surface area contributed by atoms with Gasteiger partial charge in [0, 0.05) is 11.2 Å². The van der Waals surface area contributed by atoms with Crippen LogP contribution in [0.4, 0.5) is 14.5 Å². The number of alkyl halides is 2. The highest BCUT2D eigenvalue weighted by molar-refractivity contribution is 7.91. The van der Waals surface area contributed by atoms with Gasteiger partial charge in [0.15, 0.2) is 0 Å². The van der Waals surface area contributed by atoms with E-state index < -0.39 is 32.0 Å². The molecule has 1 aliphatic carbocycles. The lowest BCUT2D eigenvalue weighted by atomic mass is 9.74. The summed E-state index contributed by atoms with van der Waals surface area (Å²) in [5.74, 6) is -4.37. The Kier molecular flexibility index (Phi) is 4.18. The van der Waals surface area contributed by atoms with Crippen LogP contribution in [0, 0.1) is 0 Å². The Labute approximate surface area is 120 Å². The summed E-state index contributed by atoms with van der Waals surface area (Å²) in [4.78, 5) is 10.4. The van der Waals surface area contributed by atoms with E-state index in [0.717, 1.165) is 18.6 Å². The van der Waals surface area contributed by atoms with Crippen molar-refractivity contribution in [3.63, 3.8) is 0 Å². The number of benzene rings is 1. The van der Waals surface area contributed by atoms with Crippen molar-refractivity contribution < 1.29 is 27.1 Å². The Balaban J connectivity index is 2.15. The summed E-state index contributed by atoms with van der Waals surface area (Å²) in [6, 6.07) is 4.93. The standard InChI is InChI=1S/C13H15F2NO4S/c14-12(15)21(19,20)10-4-2-9(3-5-10)16-13(6-1-7-13)8-11(17)18/h2-5,12,16H,1,6-8H2,(H,17,18). The molecule has 1 aliphatic rings. The van der Waals surface area contributed by atoms with Crippen LogP contribution >= 0.6 is 0 Å². The zero-order valence-corrected chi connectivity index (χ0v) is 11.9. The number of hydrogen-bond donors (Lipinski definition) is 2. The maximum absolute atomic E-state index is 12.4. The number of carboxylic acid groups (broad SMARTS) is 1. The van der Waals surface area contributed by atoms with E-state index in [1.807, 2.05) is 0 Å². The van der Waals surface area contributed by atoms with E-state index in [1.165, 1.54) is 12.1 Å². The number of carbonyl (C=O) groups is 1. The SMILES string of the molecule is O=C(O)CC1(Nc2ccc(S(=O)(=O)C(F)F)cc2)CCC1. The Morgan fingerprint density at radius 3 is 2.24 bits per heavy atom. The van der Waals surface area contributed by atoms with Crippen LogP contribution in [0.25, 0.3) is 0 Å². The molecule has 0 aliphatic heterocycles. The Hall–Kier alpha value is -1.70. The quantitative estimate of drug-likeness (QED) is 0.841. The number of nitrogens with one attached hydrogen (secondary N) is 1. The van der Waals surface area contributed by atoms with E-state index in [2.05, 4.69) is 5.32 Å². The minimum Gasteiger partial charge on any atom is -0.481 e. The van der Waals surface area contributed by atoms with Crippen molar-refractivity contribution in [1.82, 2.24) is 0 Å². The fraction of sp³-hybridized carbons (Fsp3) is 0.462. The minimum atomic E-state index is -4.60. The normalized spacial score (nSPS) is 17.3. The summed E-state index contributed by atoms with van der Waals surface area (Å²) in [6.45, 7) is 0. The van der Waals surface area contributed by atoms with Crippen LogP contribution in [0.5, 0.6) is 0 Å². The third kappa shape index (κ3) is 3.31. The molecular weight excluding hydrogens is 304 g/mol. The Morgan fingerprint density at radius 2 is 1.86 bits per heavy atom. The Bertz CT molecular complexity index is 624. The zero-order chi connectivity index (χ0) is 15.7. The summed E-state index contributed by atoms with van der Waals surface area (Å²) < 4.78 is 47.4. The van der Waals surface area contributed by atoms with Crippen LogP contribution < -0.4 is 5.32 Å². The average molecular weight is 319 g/mol. The number of sulfone groups is 1. The van der Waals surface area contributed by atoms with Crippen molar-refractivity contribution in [2.45, 2.75) is 41.9 Å². The molecule has 0 aromatic heterocycles. The van der Waals surface area contributed by atoms with E-state index in [0.29, 0.717) is 18.5 Å². The van der Waals surface area contributed by atoms with Gasteiger partial charge in [0.1, 0.15) is 0 Å². The molecule has 0 atom stereocenters. The maximum atomic E-state index is 12.4. The molecule has 0 saturated heterocycles. The van der Waals surface area contributed by atoms with Crippen molar-refractivity contribution >= 4 is 21.5 Å². The maximum Gasteiger partial charge on any atom is 0.341 e. The fourth-order valence-corrected chi connectivity index (χ4v) is 3.10. The lowest BCUT2D eigenvalue weighted by Gasteiger charge is -2.42. The van der Waals surface area contributed by atoms with Gasteiger partial charge < -0.3 is 10.4 Å². The largest absolute Gasteiger partial charge is 0.481 e. The molecular formula is C13H15F2NO4S. The second-order valence-corrected chi connectivity index (χ2v) is 7.08. The second-order valence-electron chi connectivity index (χ2n) is 5.16. The summed E-state index contributed by atoms with van der Waals surface area (Å²) >= 11 is 0. The van der Waals surface area contributed by atoms with Crippen molar-refractivity contribution in [2.75, 3.05) is 5.32 Å². The van der Waals surface area contributed by atoms with Crippen molar-refractivity contribution in [3.05, 3.63) is 24.3 Å². The first-order valence-corrected chi connectivity index (χ1v) is 7.92. The molecule has 5 nitrogen and oxygen atoms in total. The van der Waals surface area contributed by atoms with Crippen LogP contribution in [-0.2, 0) is 14.6 Å². The number of hydrogen-bond acceptors (Lipinski definition) is 4. The summed E-state index contributed by atoms with van der Waals surface area (Å²) in [5.41, 5.74) is -0.0151. The van der Waals surface area contributed by atoms with Crippen molar-refractivity contribution in [1.29, 1.82) is 0 Å². The molecule has 0 amide bonds. The van der Waals surface area contributed by atoms with Gasteiger partial charge in [-0.05, 0) is 43.5 Å². The van der Waals surface area contributed by atoms with Gasteiger partial charge in [0.05, 0.1) is 11.3 Å². The average Bonchev–Trinajstić information content (AvgIpc) is 2.36. The molecule has 1 aromatic rings. The van der Waals surface area contributed by atoms with Gasteiger partial charge in [-0.1, -0.05) is 0 Å². The molecule has 2 rings (SSSR count). The number of anilines is 1. The third-order valence-electron chi connectivity index (χ3n) is 3.63. The topological polar surface area (TPSA) is 83.5 Å². The molecule has 0 spiro atoms. The first-order chi connectivity index (χ1) is 9.75. The fourth-order valence-electron chi connectivity index (χ4n) is 2.38. The molecule has 8 heteroatoms. The van der Waals surface area contributed by atoms with Crippen LogP contribution in [-0.4, -0.2) is 30.8 Å². The van der Waals surface area contributed by atoms with Gasteiger partial charge in [0.25, 0.3) is 0 Å². The molecule has 0 bridgehead atoms. The lowest BCUT2D eigenvalue weighted by molar-refractivity contribution is -0.138. The first-order valence-electron chi connectivity index (χ1n) is 6.37. The molecule has 0 unspecified atom stereocenters. The Morgan fingerprint density at radius 1 is 1.29 bits per heavy atom. The van der Waals surface area contributed by atoms with Crippen LogP contribution in [0.15, 0.2) is 29.2 Å². The molecule has 116 valence electrons. The zero-order valence-electron chi connectivity index (χ0n) is 11.1. The number of halogens is 2. The van der Waals surface area contributed by atoms with Crippen molar-refractivity contribution in [3.8, 4) is 0 Å². The number of rotatable bonds is 6. The highest BCUT2D eigenvalue weighted by Crippen LogP contribution is 2.38. The third-order valence-corrected chi connectivity index (χ3v) is 5.03. The number of carboxylic acids is 1. The number of aliphatic carboxylic acids is 1. The molecule has 21 heavy (non-hydrogen) atoms. The van der Waals surface area contributed by atoms with Gasteiger partial charge in [-0.15, -0.1) is 0 Å². The first kappa shape index (κ1) is 15.7. The summed E-state index contributed by atoms with van der Waals surface area (Å²) in [5, 5.41) is 12.0.